The Bertz CT molecular complexity index is 872. The average molecular weight is 325 g/mol. The predicted octanol–water partition coefficient (Wildman–Crippen LogP) is 3.53. The fraction of sp³-hybridized carbons (Fsp3) is 0.0588. The van der Waals surface area contributed by atoms with E-state index in [0.717, 1.165) is 10.3 Å². The molecule has 6 heteroatoms. The molecule has 1 aromatic heterocycles. The summed E-state index contributed by atoms with van der Waals surface area (Å²) in [5.74, 6) is -0.700. The summed E-state index contributed by atoms with van der Waals surface area (Å²) in [5, 5.41) is 14.6. The van der Waals surface area contributed by atoms with Crippen LogP contribution in [0.4, 0.5) is 5.69 Å². The average Bonchev–Trinajstić information content (AvgIpc) is 2.99. The Labute approximate surface area is 137 Å². The summed E-state index contributed by atoms with van der Waals surface area (Å²) < 4.78 is 0.892. The summed E-state index contributed by atoms with van der Waals surface area (Å²) >= 11 is 1.39. The zero-order valence-corrected chi connectivity index (χ0v) is 13.0. The number of carbonyl (C=O) groups is 1. The molecular formula is C17H15N3O2S. The second-order valence-electron chi connectivity index (χ2n) is 4.95. The largest absolute Gasteiger partial charge is 0.478 e. The molecule has 3 rings (SSSR count). The molecular weight excluding hydrogens is 310 g/mol. The van der Waals surface area contributed by atoms with Crippen molar-refractivity contribution in [2.75, 3.05) is 5.32 Å². The van der Waals surface area contributed by atoms with Crippen molar-refractivity contribution < 1.29 is 9.90 Å². The van der Waals surface area contributed by atoms with Crippen molar-refractivity contribution >= 4 is 39.0 Å². The highest BCUT2D eigenvalue weighted by atomic mass is 32.1. The first kappa shape index (κ1) is 15.1. The van der Waals surface area contributed by atoms with Crippen molar-refractivity contribution in [2.24, 2.45) is 10.7 Å². The van der Waals surface area contributed by atoms with E-state index in [9.17, 15) is 9.90 Å². The van der Waals surface area contributed by atoms with Gasteiger partial charge in [-0.1, -0.05) is 36.4 Å². The number of hydrogen-bond acceptors (Lipinski definition) is 3. The highest BCUT2D eigenvalue weighted by molar-refractivity contribution is 7.17. The van der Waals surface area contributed by atoms with Gasteiger partial charge in [0.1, 0.15) is 0 Å². The molecule has 1 heterocycles. The van der Waals surface area contributed by atoms with Crippen molar-refractivity contribution in [2.45, 2.75) is 6.54 Å². The molecule has 0 bridgehead atoms. The first-order valence-corrected chi connectivity index (χ1v) is 7.87. The van der Waals surface area contributed by atoms with Gasteiger partial charge in [-0.3, -0.25) is 0 Å². The van der Waals surface area contributed by atoms with Crippen LogP contribution in [-0.4, -0.2) is 17.0 Å². The third kappa shape index (κ3) is 3.32. The summed E-state index contributed by atoms with van der Waals surface area (Å²) in [6, 6.07) is 15.3. The molecule has 0 unspecified atom stereocenters. The zero-order valence-electron chi connectivity index (χ0n) is 12.2. The first-order chi connectivity index (χ1) is 11.1. The number of carboxylic acid groups (broad SMARTS) is 1. The Morgan fingerprint density at radius 3 is 2.70 bits per heavy atom. The Morgan fingerprint density at radius 1 is 1.17 bits per heavy atom. The van der Waals surface area contributed by atoms with Gasteiger partial charge in [-0.25, -0.2) is 9.79 Å². The molecule has 0 aliphatic carbocycles. The molecule has 0 radical (unpaired) electrons. The number of carboxylic acids is 1. The van der Waals surface area contributed by atoms with Gasteiger partial charge in [0.05, 0.1) is 17.8 Å². The van der Waals surface area contributed by atoms with Crippen molar-refractivity contribution in [3.8, 4) is 0 Å². The minimum Gasteiger partial charge on any atom is -0.478 e. The molecule has 0 aliphatic rings. The number of benzene rings is 2. The lowest BCUT2D eigenvalue weighted by atomic mass is 10.1. The van der Waals surface area contributed by atoms with Gasteiger partial charge in [0.2, 0.25) is 0 Å². The lowest BCUT2D eigenvalue weighted by Crippen LogP contribution is -2.22. The molecule has 0 amide bonds. The van der Waals surface area contributed by atoms with Crippen LogP contribution in [0.3, 0.4) is 0 Å². The topological polar surface area (TPSA) is 87.7 Å². The highest BCUT2D eigenvalue weighted by Gasteiger charge is 2.14. The fourth-order valence-corrected chi connectivity index (χ4v) is 3.25. The monoisotopic (exact) mass is 325 g/mol. The number of nitrogens with one attached hydrogen (secondary N) is 1. The van der Waals surface area contributed by atoms with Gasteiger partial charge in [-0.2, -0.15) is 0 Å². The van der Waals surface area contributed by atoms with Crippen LogP contribution in [0.25, 0.3) is 10.1 Å². The molecule has 0 spiro atoms. The smallest absolute Gasteiger partial charge is 0.337 e. The number of nitrogens with zero attached hydrogens (tertiary/aromatic N) is 1. The van der Waals surface area contributed by atoms with Crippen LogP contribution in [0.2, 0.25) is 0 Å². The summed E-state index contributed by atoms with van der Waals surface area (Å²) in [5.41, 5.74) is 7.90. The molecule has 0 aliphatic heterocycles. The summed E-state index contributed by atoms with van der Waals surface area (Å²) in [6.07, 6.45) is 0. The van der Waals surface area contributed by atoms with E-state index < -0.39 is 5.97 Å². The van der Waals surface area contributed by atoms with E-state index in [2.05, 4.69) is 10.3 Å². The molecule has 2 aromatic carbocycles. The summed E-state index contributed by atoms with van der Waals surface area (Å²) in [6.45, 7) is 0.463. The Kier molecular flexibility index (Phi) is 4.25. The van der Waals surface area contributed by atoms with Crippen molar-refractivity contribution in [1.82, 2.24) is 0 Å². The molecule has 116 valence electrons. The first-order valence-electron chi connectivity index (χ1n) is 6.99. The van der Waals surface area contributed by atoms with Crippen molar-refractivity contribution in [3.05, 3.63) is 65.0 Å². The number of rotatable bonds is 4. The molecule has 0 saturated carbocycles. The van der Waals surface area contributed by atoms with E-state index in [0.29, 0.717) is 17.6 Å². The van der Waals surface area contributed by atoms with Gasteiger partial charge < -0.3 is 16.2 Å². The minimum absolute atomic E-state index is 0.254. The van der Waals surface area contributed by atoms with Gasteiger partial charge in [0.15, 0.2) is 5.96 Å². The standard InChI is InChI=1S/C17H15N3O2S/c18-17(19-9-11-5-2-1-3-6-11)20-13-7-4-8-14-15(13)12(10-23-14)16(21)22/h1-8,10H,9H2,(H,21,22)(H3,18,19,20). The van der Waals surface area contributed by atoms with Gasteiger partial charge >= 0.3 is 5.97 Å². The van der Waals surface area contributed by atoms with Gasteiger partial charge in [0, 0.05) is 15.5 Å². The number of fused-ring (bicyclic) bond motifs is 1. The SMILES string of the molecule is NC(=NCc1ccccc1)Nc1cccc2scc(C(=O)O)c12. The van der Waals surface area contributed by atoms with Gasteiger partial charge in [-0.05, 0) is 17.7 Å². The van der Waals surface area contributed by atoms with E-state index in [1.165, 1.54) is 11.3 Å². The highest BCUT2D eigenvalue weighted by Crippen LogP contribution is 2.32. The van der Waals surface area contributed by atoms with E-state index in [1.54, 1.807) is 11.4 Å². The maximum atomic E-state index is 11.3. The van der Waals surface area contributed by atoms with Gasteiger partial charge in [0.25, 0.3) is 0 Å². The van der Waals surface area contributed by atoms with Crippen LogP contribution >= 0.6 is 11.3 Å². The maximum absolute atomic E-state index is 11.3. The van der Waals surface area contributed by atoms with E-state index in [1.807, 2.05) is 42.5 Å². The van der Waals surface area contributed by atoms with E-state index in [-0.39, 0.29) is 11.5 Å². The van der Waals surface area contributed by atoms with E-state index >= 15 is 0 Å². The van der Waals surface area contributed by atoms with Crippen LogP contribution in [-0.2, 0) is 6.54 Å². The van der Waals surface area contributed by atoms with Crippen LogP contribution in [0.5, 0.6) is 0 Å². The van der Waals surface area contributed by atoms with Crippen LogP contribution in [0, 0.1) is 0 Å². The Morgan fingerprint density at radius 2 is 1.96 bits per heavy atom. The quantitative estimate of drug-likeness (QED) is 0.506. The van der Waals surface area contributed by atoms with Crippen LogP contribution in [0.15, 0.2) is 58.9 Å². The molecule has 3 aromatic rings. The summed E-state index contributed by atoms with van der Waals surface area (Å²) in [7, 11) is 0. The second-order valence-corrected chi connectivity index (χ2v) is 5.86. The minimum atomic E-state index is -0.953. The van der Waals surface area contributed by atoms with Gasteiger partial charge in [-0.15, -0.1) is 11.3 Å². The molecule has 0 saturated heterocycles. The number of anilines is 1. The van der Waals surface area contributed by atoms with Crippen LogP contribution < -0.4 is 11.1 Å². The van der Waals surface area contributed by atoms with Crippen LogP contribution in [0.1, 0.15) is 15.9 Å². The summed E-state index contributed by atoms with van der Waals surface area (Å²) in [4.78, 5) is 15.6. The maximum Gasteiger partial charge on any atom is 0.337 e. The Hall–Kier alpha value is -2.86. The number of nitrogens with two attached hydrogens (primary N) is 1. The Balaban J connectivity index is 1.86. The number of hydrogen-bond donors (Lipinski definition) is 3. The predicted molar refractivity (Wildman–Crippen MR) is 94.2 cm³/mol. The number of thiophene rings is 1. The molecule has 0 atom stereocenters. The third-order valence-corrected chi connectivity index (χ3v) is 4.31. The third-order valence-electron chi connectivity index (χ3n) is 3.37. The fourth-order valence-electron chi connectivity index (χ4n) is 2.29. The number of aliphatic imine (C=N–C) groups is 1. The normalized spacial score (nSPS) is 11.6. The second kappa shape index (κ2) is 6.50. The van der Waals surface area contributed by atoms with E-state index in [4.69, 9.17) is 5.73 Å². The van der Waals surface area contributed by atoms with Crippen molar-refractivity contribution in [1.29, 1.82) is 0 Å². The molecule has 23 heavy (non-hydrogen) atoms. The molecule has 5 nitrogen and oxygen atoms in total. The van der Waals surface area contributed by atoms with Crippen molar-refractivity contribution in [3.63, 3.8) is 0 Å². The lowest BCUT2D eigenvalue weighted by molar-refractivity contribution is 0.0699. The zero-order chi connectivity index (χ0) is 16.2. The molecule has 0 fully saturated rings. The number of guanidine groups is 1. The molecule has 4 N–H and O–H groups in total. The number of aromatic carboxylic acids is 1. The lowest BCUT2D eigenvalue weighted by Gasteiger charge is -2.08.